The molecule has 12 heteroatoms. The van der Waals surface area contributed by atoms with E-state index in [1.807, 2.05) is 0 Å². The minimum atomic E-state index is -3.90. The third-order valence-electron chi connectivity index (χ3n) is 5.30. The molecule has 0 spiro atoms. The number of nitrogens with one attached hydrogen (secondary N) is 2. The first-order chi connectivity index (χ1) is 16.1. The molecule has 1 heterocycles. The molecule has 2 aromatic carbocycles. The van der Waals surface area contributed by atoms with E-state index in [-0.39, 0.29) is 39.1 Å². The molecule has 1 fully saturated rings. The quantitative estimate of drug-likeness (QED) is 0.416. The van der Waals surface area contributed by atoms with E-state index >= 15 is 0 Å². The number of nitrogens with zero attached hydrogens (tertiary/aromatic N) is 1. The number of ether oxygens (including phenoxy) is 2. The summed E-state index contributed by atoms with van der Waals surface area (Å²) in [7, 11) is -1.23. The number of esters is 1. The molecule has 3 amide bonds. The Kier molecular flexibility index (Phi) is 6.11. The van der Waals surface area contributed by atoms with E-state index < -0.39 is 40.3 Å². The number of anilines is 1. The molecule has 1 saturated carbocycles. The maximum Gasteiger partial charge on any atom is 0.338 e. The minimum Gasteiger partial charge on any atom is -0.495 e. The highest BCUT2D eigenvalue weighted by Gasteiger charge is 2.33. The third-order valence-corrected chi connectivity index (χ3v) is 6.84. The fourth-order valence-electron chi connectivity index (χ4n) is 3.35. The lowest BCUT2D eigenvalue weighted by Crippen LogP contribution is -2.26. The predicted molar refractivity (Wildman–Crippen MR) is 118 cm³/mol. The van der Waals surface area contributed by atoms with Crippen LogP contribution in [0.3, 0.4) is 0 Å². The van der Waals surface area contributed by atoms with Crippen molar-refractivity contribution in [2.75, 3.05) is 26.1 Å². The Morgan fingerprint density at radius 3 is 2.44 bits per heavy atom. The molecule has 2 aromatic rings. The summed E-state index contributed by atoms with van der Waals surface area (Å²) in [5.74, 6) is -2.44. The van der Waals surface area contributed by atoms with E-state index in [2.05, 4.69) is 10.0 Å². The zero-order chi connectivity index (χ0) is 24.6. The molecular formula is C22H21N3O8S. The second-order valence-corrected chi connectivity index (χ2v) is 9.50. The van der Waals surface area contributed by atoms with Crippen molar-refractivity contribution in [3.63, 3.8) is 0 Å². The highest BCUT2D eigenvalue weighted by molar-refractivity contribution is 7.89. The van der Waals surface area contributed by atoms with E-state index in [1.54, 1.807) is 0 Å². The van der Waals surface area contributed by atoms with Crippen LogP contribution in [-0.4, -0.2) is 63.8 Å². The molecule has 0 radical (unpaired) electrons. The van der Waals surface area contributed by atoms with Gasteiger partial charge in [0.1, 0.15) is 10.6 Å². The maximum atomic E-state index is 12.6. The Morgan fingerprint density at radius 1 is 1.06 bits per heavy atom. The maximum absolute atomic E-state index is 12.6. The van der Waals surface area contributed by atoms with Gasteiger partial charge in [0.25, 0.3) is 17.7 Å². The molecule has 1 aliphatic carbocycles. The molecule has 178 valence electrons. The van der Waals surface area contributed by atoms with Crippen LogP contribution in [0.4, 0.5) is 5.69 Å². The summed E-state index contributed by atoms with van der Waals surface area (Å²) in [6.45, 7) is -0.656. The normalized spacial score (nSPS) is 15.2. The van der Waals surface area contributed by atoms with Crippen molar-refractivity contribution >= 4 is 39.4 Å². The van der Waals surface area contributed by atoms with Crippen LogP contribution in [-0.2, 0) is 19.6 Å². The number of fused-ring (bicyclic) bond motifs is 1. The van der Waals surface area contributed by atoms with Crippen LogP contribution in [0.15, 0.2) is 41.3 Å². The van der Waals surface area contributed by atoms with Gasteiger partial charge in [0.05, 0.1) is 23.8 Å². The van der Waals surface area contributed by atoms with Gasteiger partial charge in [-0.25, -0.2) is 17.9 Å². The molecule has 0 saturated heterocycles. The molecule has 0 atom stereocenters. The number of amides is 3. The Labute approximate surface area is 195 Å². The van der Waals surface area contributed by atoms with Crippen molar-refractivity contribution in [3.05, 3.63) is 53.1 Å². The van der Waals surface area contributed by atoms with Crippen LogP contribution in [0.2, 0.25) is 0 Å². The first-order valence-electron chi connectivity index (χ1n) is 10.2. The average molecular weight is 487 g/mol. The first kappa shape index (κ1) is 23.4. The van der Waals surface area contributed by atoms with Gasteiger partial charge in [-0.3, -0.25) is 19.3 Å². The lowest BCUT2D eigenvalue weighted by Gasteiger charge is -2.12. The molecule has 1 aliphatic heterocycles. The van der Waals surface area contributed by atoms with Gasteiger partial charge >= 0.3 is 5.97 Å². The summed E-state index contributed by atoms with van der Waals surface area (Å²) in [5.41, 5.74) is 0.571. The molecule has 2 N–H and O–H groups in total. The van der Waals surface area contributed by atoms with Gasteiger partial charge in [0.15, 0.2) is 6.61 Å². The Balaban J connectivity index is 1.41. The Hall–Kier alpha value is -3.77. The summed E-state index contributed by atoms with van der Waals surface area (Å²) in [4.78, 5) is 49.5. The lowest BCUT2D eigenvalue weighted by atomic mass is 10.1. The minimum absolute atomic E-state index is 0.0673. The van der Waals surface area contributed by atoms with Crippen molar-refractivity contribution in [1.82, 2.24) is 9.62 Å². The SMILES string of the molecule is COc1ccc(C(=O)OCC(=O)Nc2ccc3c(c2)C(=O)N(C)C3=O)cc1S(=O)(=O)NC1CC1. The van der Waals surface area contributed by atoms with E-state index in [1.165, 1.54) is 44.5 Å². The van der Waals surface area contributed by atoms with Crippen molar-refractivity contribution in [1.29, 1.82) is 0 Å². The first-order valence-corrected chi connectivity index (χ1v) is 11.7. The highest BCUT2D eigenvalue weighted by Crippen LogP contribution is 2.29. The number of hydrogen-bond donors (Lipinski definition) is 2. The third kappa shape index (κ3) is 4.63. The Bertz CT molecular complexity index is 1320. The van der Waals surface area contributed by atoms with Crippen LogP contribution >= 0.6 is 0 Å². The van der Waals surface area contributed by atoms with Gasteiger partial charge in [-0.1, -0.05) is 0 Å². The zero-order valence-corrected chi connectivity index (χ0v) is 19.1. The molecule has 34 heavy (non-hydrogen) atoms. The monoisotopic (exact) mass is 487 g/mol. The van der Waals surface area contributed by atoms with Gasteiger partial charge in [0, 0.05) is 18.8 Å². The predicted octanol–water partition coefficient (Wildman–Crippen LogP) is 1.16. The smallest absolute Gasteiger partial charge is 0.338 e. The standard InChI is InChI=1S/C22H21N3O8S/c1-25-20(27)15-7-6-14(10-16(15)21(25)28)23-19(26)11-33-22(29)12-3-8-17(32-2)18(9-12)34(30,31)24-13-4-5-13/h3,6-10,13,24H,4-5,11H2,1-2H3,(H,23,26). The van der Waals surface area contributed by atoms with Crippen LogP contribution in [0.1, 0.15) is 43.9 Å². The fraction of sp³-hybridized carbons (Fsp3) is 0.273. The lowest BCUT2D eigenvalue weighted by molar-refractivity contribution is -0.119. The van der Waals surface area contributed by atoms with Gasteiger partial charge in [-0.05, 0) is 49.2 Å². The molecule has 0 bridgehead atoms. The van der Waals surface area contributed by atoms with Gasteiger partial charge in [-0.2, -0.15) is 0 Å². The van der Waals surface area contributed by atoms with Gasteiger partial charge < -0.3 is 14.8 Å². The van der Waals surface area contributed by atoms with Crippen LogP contribution < -0.4 is 14.8 Å². The average Bonchev–Trinajstić information content (AvgIpc) is 3.60. The number of imide groups is 1. The number of rotatable bonds is 8. The summed E-state index contributed by atoms with van der Waals surface area (Å²) in [5, 5.41) is 2.49. The topological polar surface area (TPSA) is 148 Å². The number of sulfonamides is 1. The number of carbonyl (C=O) groups excluding carboxylic acids is 4. The molecule has 0 aromatic heterocycles. The van der Waals surface area contributed by atoms with Crippen molar-refractivity contribution in [3.8, 4) is 5.75 Å². The number of benzene rings is 2. The molecule has 4 rings (SSSR count). The highest BCUT2D eigenvalue weighted by atomic mass is 32.2. The largest absolute Gasteiger partial charge is 0.495 e. The van der Waals surface area contributed by atoms with E-state index in [0.29, 0.717) is 0 Å². The second-order valence-electron chi connectivity index (χ2n) is 7.82. The summed E-state index contributed by atoms with van der Waals surface area (Å²) < 4.78 is 37.8. The van der Waals surface area contributed by atoms with E-state index in [9.17, 15) is 27.6 Å². The number of carbonyl (C=O) groups is 4. The van der Waals surface area contributed by atoms with Crippen molar-refractivity contribution < 1.29 is 37.1 Å². The summed E-state index contributed by atoms with van der Waals surface area (Å²) >= 11 is 0. The van der Waals surface area contributed by atoms with E-state index in [0.717, 1.165) is 23.8 Å². The zero-order valence-electron chi connectivity index (χ0n) is 18.3. The molecule has 0 unspecified atom stereocenters. The van der Waals surface area contributed by atoms with E-state index in [4.69, 9.17) is 9.47 Å². The summed E-state index contributed by atoms with van der Waals surface area (Å²) in [6.07, 6.45) is 1.48. The Morgan fingerprint density at radius 2 is 1.76 bits per heavy atom. The van der Waals surface area contributed by atoms with Crippen LogP contribution in [0, 0.1) is 0 Å². The van der Waals surface area contributed by atoms with Crippen LogP contribution in [0.5, 0.6) is 5.75 Å². The van der Waals surface area contributed by atoms with Gasteiger partial charge in [-0.15, -0.1) is 0 Å². The van der Waals surface area contributed by atoms with Crippen LogP contribution in [0.25, 0.3) is 0 Å². The van der Waals surface area contributed by atoms with Crippen molar-refractivity contribution in [2.24, 2.45) is 0 Å². The molecule has 11 nitrogen and oxygen atoms in total. The second kappa shape index (κ2) is 8.88. The number of methoxy groups -OCH3 is 1. The summed E-state index contributed by atoms with van der Waals surface area (Å²) in [6, 6.07) is 7.90. The van der Waals surface area contributed by atoms with Gasteiger partial charge in [0.2, 0.25) is 10.0 Å². The molecule has 2 aliphatic rings. The van der Waals surface area contributed by atoms with Crippen molar-refractivity contribution in [2.45, 2.75) is 23.8 Å². The number of hydrogen-bond acceptors (Lipinski definition) is 8. The fourth-order valence-corrected chi connectivity index (χ4v) is 4.85. The molecular weight excluding hydrogens is 466 g/mol.